The smallest absolute Gasteiger partial charge is 0.408 e. The predicted octanol–water partition coefficient (Wildman–Crippen LogP) is 2.63. The van der Waals surface area contributed by atoms with E-state index in [2.05, 4.69) is 23.8 Å². The lowest BCUT2D eigenvalue weighted by molar-refractivity contribution is -0.141. The van der Waals surface area contributed by atoms with E-state index in [0.717, 1.165) is 19.3 Å². The summed E-state index contributed by atoms with van der Waals surface area (Å²) in [6.07, 6.45) is 6.08. The van der Waals surface area contributed by atoms with Crippen molar-refractivity contribution in [1.82, 2.24) is 15.5 Å². The Labute approximate surface area is 208 Å². The Balaban J connectivity index is 2.15. The molecule has 5 unspecified atom stereocenters. The minimum atomic E-state index is -1.000. The molecule has 9 heteroatoms. The summed E-state index contributed by atoms with van der Waals surface area (Å²) in [5.74, 6) is -1.27. The normalized spacial score (nSPS) is 26.4. The second kappa shape index (κ2) is 11.8. The highest BCUT2D eigenvalue weighted by Crippen LogP contribution is 2.45. The van der Waals surface area contributed by atoms with Crippen molar-refractivity contribution in [1.29, 1.82) is 0 Å². The van der Waals surface area contributed by atoms with Crippen LogP contribution in [0.5, 0.6) is 0 Å². The van der Waals surface area contributed by atoms with Gasteiger partial charge in [0, 0.05) is 18.9 Å². The van der Waals surface area contributed by atoms with Crippen molar-refractivity contribution in [2.24, 2.45) is 5.92 Å². The highest BCUT2D eigenvalue weighted by atomic mass is 16.6. The van der Waals surface area contributed by atoms with Gasteiger partial charge in [0.1, 0.15) is 23.2 Å². The summed E-state index contributed by atoms with van der Waals surface area (Å²) in [4.78, 5) is 52.7. The van der Waals surface area contributed by atoms with Gasteiger partial charge in [0.2, 0.25) is 11.8 Å². The fourth-order valence-corrected chi connectivity index (χ4v) is 4.54. The van der Waals surface area contributed by atoms with E-state index in [-0.39, 0.29) is 24.7 Å². The Morgan fingerprint density at radius 3 is 2.43 bits per heavy atom. The highest BCUT2D eigenvalue weighted by Gasteiger charge is 2.58. The summed E-state index contributed by atoms with van der Waals surface area (Å²) in [7, 11) is 0. The molecule has 1 aliphatic heterocycles. The quantitative estimate of drug-likeness (QED) is 0.285. The summed E-state index contributed by atoms with van der Waals surface area (Å²) in [5.41, 5.74) is -1.73. The molecule has 1 saturated carbocycles. The molecule has 5 atom stereocenters. The van der Waals surface area contributed by atoms with Gasteiger partial charge in [-0.15, -0.1) is 13.2 Å². The molecule has 196 valence electrons. The molecule has 2 aliphatic rings. The van der Waals surface area contributed by atoms with Gasteiger partial charge in [-0.3, -0.25) is 14.4 Å². The van der Waals surface area contributed by atoms with Gasteiger partial charge in [0.05, 0.1) is 6.10 Å². The number of aliphatic hydroxyl groups is 1. The van der Waals surface area contributed by atoms with Crippen molar-refractivity contribution in [3.8, 4) is 0 Å². The summed E-state index contributed by atoms with van der Waals surface area (Å²) in [5, 5.41) is 15.8. The molecule has 1 heterocycles. The number of unbranched alkanes of at least 4 members (excludes halogenated alkanes) is 3. The first-order valence-electron chi connectivity index (χ1n) is 12.4. The van der Waals surface area contributed by atoms with Gasteiger partial charge in [-0.05, 0) is 53.4 Å². The molecule has 0 aromatic heterocycles. The van der Waals surface area contributed by atoms with Crippen LogP contribution in [0.3, 0.4) is 0 Å². The predicted molar refractivity (Wildman–Crippen MR) is 132 cm³/mol. The number of carbonyl (C=O) groups excluding carboxylic acids is 4. The molecule has 2 fully saturated rings. The minimum Gasteiger partial charge on any atom is -0.444 e. The van der Waals surface area contributed by atoms with E-state index in [0.29, 0.717) is 19.3 Å². The number of amides is 3. The van der Waals surface area contributed by atoms with E-state index in [1.54, 1.807) is 26.8 Å². The van der Waals surface area contributed by atoms with Crippen molar-refractivity contribution in [3.63, 3.8) is 0 Å². The SMILES string of the molecule is C=CCCCCCC(NC(=O)OC(C)(C)C)C(=O)N1CC(O)CC1C(=O)NC1(C(C)=O)CC1C=C. The van der Waals surface area contributed by atoms with Crippen LogP contribution >= 0.6 is 0 Å². The second-order valence-corrected chi connectivity index (χ2v) is 10.6. The zero-order valence-electron chi connectivity index (χ0n) is 21.5. The number of hydrogen-bond acceptors (Lipinski definition) is 6. The Kier molecular flexibility index (Phi) is 9.66. The highest BCUT2D eigenvalue weighted by molar-refractivity contribution is 5.98. The number of ketones is 1. The number of likely N-dealkylation sites (tertiary alicyclic amines) is 1. The van der Waals surface area contributed by atoms with Crippen LogP contribution in [0.2, 0.25) is 0 Å². The van der Waals surface area contributed by atoms with Crippen LogP contribution in [0.4, 0.5) is 4.79 Å². The van der Waals surface area contributed by atoms with E-state index in [9.17, 15) is 24.3 Å². The molecule has 1 saturated heterocycles. The van der Waals surface area contributed by atoms with E-state index < -0.39 is 47.2 Å². The Morgan fingerprint density at radius 1 is 1.20 bits per heavy atom. The zero-order valence-corrected chi connectivity index (χ0v) is 21.5. The van der Waals surface area contributed by atoms with Crippen LogP contribution in [0, 0.1) is 5.92 Å². The van der Waals surface area contributed by atoms with Gasteiger partial charge < -0.3 is 25.4 Å². The van der Waals surface area contributed by atoms with Gasteiger partial charge in [0.25, 0.3) is 0 Å². The van der Waals surface area contributed by atoms with Gasteiger partial charge >= 0.3 is 6.09 Å². The number of carbonyl (C=O) groups is 4. The molecule has 9 nitrogen and oxygen atoms in total. The minimum absolute atomic E-state index is 0.0299. The van der Waals surface area contributed by atoms with Crippen LogP contribution in [-0.4, -0.2) is 69.6 Å². The summed E-state index contributed by atoms with van der Waals surface area (Å²) < 4.78 is 5.34. The lowest BCUT2D eigenvalue weighted by atomic mass is 10.0. The Bertz CT molecular complexity index is 835. The topological polar surface area (TPSA) is 125 Å². The Hall–Kier alpha value is -2.68. The molecule has 1 aliphatic carbocycles. The van der Waals surface area contributed by atoms with Crippen LogP contribution < -0.4 is 10.6 Å². The molecule has 0 aromatic rings. The Morgan fingerprint density at radius 2 is 1.89 bits per heavy atom. The molecule has 0 aromatic carbocycles. The van der Waals surface area contributed by atoms with Gasteiger partial charge in [-0.2, -0.15) is 0 Å². The van der Waals surface area contributed by atoms with Gasteiger partial charge in [-0.25, -0.2) is 4.79 Å². The number of β-amino-alcohol motifs (C(OH)–C–C–N with tert-alkyl or cyclic N) is 1. The molecule has 35 heavy (non-hydrogen) atoms. The molecule has 3 amide bonds. The largest absolute Gasteiger partial charge is 0.444 e. The monoisotopic (exact) mass is 491 g/mol. The average molecular weight is 492 g/mol. The molecular formula is C26H41N3O6. The number of aliphatic hydroxyl groups excluding tert-OH is 1. The van der Waals surface area contributed by atoms with Crippen molar-refractivity contribution < 1.29 is 29.0 Å². The first kappa shape index (κ1) is 28.6. The number of nitrogens with one attached hydrogen (secondary N) is 2. The lowest BCUT2D eigenvalue weighted by Gasteiger charge is -2.30. The molecule has 0 radical (unpaired) electrons. The third kappa shape index (κ3) is 7.65. The summed E-state index contributed by atoms with van der Waals surface area (Å²) in [6, 6.07) is -1.85. The molecule has 2 rings (SSSR count). The van der Waals surface area contributed by atoms with Gasteiger partial charge in [0.15, 0.2) is 5.78 Å². The van der Waals surface area contributed by atoms with Crippen LogP contribution in [0.25, 0.3) is 0 Å². The maximum atomic E-state index is 13.5. The maximum Gasteiger partial charge on any atom is 0.408 e. The third-order valence-corrected chi connectivity index (χ3v) is 6.53. The molecule has 0 bridgehead atoms. The van der Waals surface area contributed by atoms with Gasteiger partial charge in [-0.1, -0.05) is 25.0 Å². The zero-order chi connectivity index (χ0) is 26.4. The number of ether oxygens (including phenoxy) is 1. The second-order valence-electron chi connectivity index (χ2n) is 10.6. The number of nitrogens with zero attached hydrogens (tertiary/aromatic N) is 1. The number of Topliss-reactive ketones (excluding diaryl/α,β-unsaturated/α-hetero) is 1. The number of alkyl carbamates (subject to hydrolysis) is 1. The first-order chi connectivity index (χ1) is 16.3. The van der Waals surface area contributed by atoms with E-state index in [4.69, 9.17) is 4.74 Å². The lowest BCUT2D eigenvalue weighted by Crippen LogP contribution is -2.56. The van der Waals surface area contributed by atoms with E-state index >= 15 is 0 Å². The maximum absolute atomic E-state index is 13.5. The summed E-state index contributed by atoms with van der Waals surface area (Å²) >= 11 is 0. The molecular weight excluding hydrogens is 450 g/mol. The van der Waals surface area contributed by atoms with Crippen molar-refractivity contribution in [2.75, 3.05) is 6.54 Å². The summed E-state index contributed by atoms with van der Waals surface area (Å²) in [6.45, 7) is 14.0. The van der Waals surface area contributed by atoms with Crippen LogP contribution in [0.15, 0.2) is 25.3 Å². The molecule has 0 spiro atoms. The van der Waals surface area contributed by atoms with Crippen molar-refractivity contribution >= 4 is 23.7 Å². The average Bonchev–Trinajstić information content (AvgIpc) is 3.34. The fraction of sp³-hybridized carbons (Fsp3) is 0.692. The number of hydrogen-bond donors (Lipinski definition) is 3. The third-order valence-electron chi connectivity index (χ3n) is 6.53. The number of allylic oxidation sites excluding steroid dienone is 1. The van der Waals surface area contributed by atoms with E-state index in [1.807, 2.05) is 6.08 Å². The van der Waals surface area contributed by atoms with Crippen molar-refractivity contribution in [3.05, 3.63) is 25.3 Å². The molecule has 3 N–H and O–H groups in total. The number of rotatable bonds is 12. The van der Waals surface area contributed by atoms with Crippen molar-refractivity contribution in [2.45, 2.75) is 102 Å². The fourth-order valence-electron chi connectivity index (χ4n) is 4.54. The first-order valence-corrected chi connectivity index (χ1v) is 12.4. The van der Waals surface area contributed by atoms with Crippen LogP contribution in [0.1, 0.15) is 72.6 Å². The standard InChI is InChI=1S/C26H41N3O6/c1-7-9-10-11-12-13-20(27-24(34)35-25(4,5)6)23(33)29-16-19(31)14-21(29)22(32)28-26(17(3)30)15-18(26)8-2/h7-8,18-21,31H,1-2,9-16H2,3-6H3,(H,27,34)(H,28,32). The van der Waals surface area contributed by atoms with Crippen LogP contribution in [-0.2, 0) is 19.1 Å². The van der Waals surface area contributed by atoms with E-state index in [1.165, 1.54) is 11.8 Å².